The highest BCUT2D eigenvalue weighted by molar-refractivity contribution is 7.91. The zero-order valence-electron chi connectivity index (χ0n) is 14.4. The Balaban J connectivity index is 1.63. The van der Waals surface area contributed by atoms with Gasteiger partial charge in [-0.15, -0.1) is 11.3 Å². The molecule has 136 valence electrons. The molecule has 0 saturated carbocycles. The Morgan fingerprint density at radius 3 is 2.54 bits per heavy atom. The van der Waals surface area contributed by atoms with Gasteiger partial charge in [0.15, 0.2) is 20.6 Å². The van der Waals surface area contributed by atoms with Gasteiger partial charge in [-0.2, -0.15) is 0 Å². The van der Waals surface area contributed by atoms with E-state index in [0.717, 1.165) is 10.8 Å². The molecule has 6 nitrogen and oxygen atoms in total. The van der Waals surface area contributed by atoms with Crippen LogP contribution >= 0.6 is 11.3 Å². The summed E-state index contributed by atoms with van der Waals surface area (Å²) in [5.41, 5.74) is 1.20. The standard InChI is InChI=1S/C18H18N2O4S2/c1-3-26(22,23)15-7-5-13(6-8-15)19-17(21)10-14-11-25-18(20-14)16-9-4-12(2)24-16/h4-9,11H,3,10H2,1-2H3,(H,19,21). The van der Waals surface area contributed by atoms with Gasteiger partial charge in [0.1, 0.15) is 5.76 Å². The van der Waals surface area contributed by atoms with Crippen molar-refractivity contribution in [1.29, 1.82) is 0 Å². The minimum absolute atomic E-state index is 0.0417. The lowest BCUT2D eigenvalue weighted by Gasteiger charge is -2.06. The number of sulfone groups is 1. The van der Waals surface area contributed by atoms with Crippen molar-refractivity contribution in [2.45, 2.75) is 25.2 Å². The van der Waals surface area contributed by atoms with Gasteiger partial charge < -0.3 is 9.73 Å². The number of carbonyl (C=O) groups excluding carboxylic acids is 1. The van der Waals surface area contributed by atoms with Gasteiger partial charge >= 0.3 is 0 Å². The van der Waals surface area contributed by atoms with Crippen molar-refractivity contribution in [1.82, 2.24) is 4.98 Å². The van der Waals surface area contributed by atoms with Gasteiger partial charge in [0.25, 0.3) is 0 Å². The van der Waals surface area contributed by atoms with Crippen molar-refractivity contribution in [3.63, 3.8) is 0 Å². The van der Waals surface area contributed by atoms with Crippen LogP contribution in [0.5, 0.6) is 0 Å². The number of nitrogens with one attached hydrogen (secondary N) is 1. The Morgan fingerprint density at radius 2 is 1.92 bits per heavy atom. The molecule has 0 atom stereocenters. The maximum absolute atomic E-state index is 12.2. The number of hydrogen-bond donors (Lipinski definition) is 1. The Bertz CT molecular complexity index is 1020. The zero-order valence-corrected chi connectivity index (χ0v) is 16.0. The quantitative estimate of drug-likeness (QED) is 0.693. The number of amides is 1. The number of carbonyl (C=O) groups is 1. The average Bonchev–Trinajstić information content (AvgIpc) is 3.24. The SMILES string of the molecule is CCS(=O)(=O)c1ccc(NC(=O)Cc2csc(-c3ccc(C)o3)n2)cc1. The predicted octanol–water partition coefficient (Wildman–Crippen LogP) is 3.69. The minimum Gasteiger partial charge on any atom is -0.459 e. The van der Waals surface area contributed by atoms with Crippen LogP contribution in [0, 0.1) is 6.92 Å². The van der Waals surface area contributed by atoms with Crippen LogP contribution in [-0.4, -0.2) is 25.1 Å². The van der Waals surface area contributed by atoms with Crippen LogP contribution in [0.3, 0.4) is 0 Å². The number of rotatable bonds is 6. The van der Waals surface area contributed by atoms with Crippen LogP contribution in [0.25, 0.3) is 10.8 Å². The van der Waals surface area contributed by atoms with E-state index in [4.69, 9.17) is 4.42 Å². The molecule has 0 fully saturated rings. The van der Waals surface area contributed by atoms with Crippen LogP contribution < -0.4 is 5.32 Å². The Hall–Kier alpha value is -2.45. The summed E-state index contributed by atoms with van der Waals surface area (Å²) >= 11 is 1.42. The van der Waals surface area contributed by atoms with Crippen LogP contribution in [0.15, 0.2) is 51.1 Å². The summed E-state index contributed by atoms with van der Waals surface area (Å²) < 4.78 is 29.1. The topological polar surface area (TPSA) is 89.3 Å². The van der Waals surface area contributed by atoms with E-state index in [-0.39, 0.29) is 23.0 Å². The molecule has 0 aliphatic rings. The molecular formula is C18H18N2O4S2. The molecule has 1 aromatic carbocycles. The number of hydrogen-bond acceptors (Lipinski definition) is 6. The van der Waals surface area contributed by atoms with Gasteiger partial charge in [-0.1, -0.05) is 6.92 Å². The lowest BCUT2D eigenvalue weighted by Crippen LogP contribution is -2.14. The largest absolute Gasteiger partial charge is 0.459 e. The van der Waals surface area contributed by atoms with E-state index in [1.54, 1.807) is 19.1 Å². The lowest BCUT2D eigenvalue weighted by atomic mass is 10.3. The smallest absolute Gasteiger partial charge is 0.230 e. The van der Waals surface area contributed by atoms with Gasteiger partial charge in [-0.3, -0.25) is 4.79 Å². The Morgan fingerprint density at radius 1 is 1.19 bits per heavy atom. The number of furan rings is 1. The fraction of sp³-hybridized carbons (Fsp3) is 0.222. The molecule has 26 heavy (non-hydrogen) atoms. The highest BCUT2D eigenvalue weighted by atomic mass is 32.2. The average molecular weight is 390 g/mol. The first-order valence-electron chi connectivity index (χ1n) is 8.01. The number of aromatic nitrogens is 1. The molecule has 0 saturated heterocycles. The van der Waals surface area contributed by atoms with Crippen molar-refractivity contribution in [3.05, 3.63) is 53.2 Å². The van der Waals surface area contributed by atoms with E-state index < -0.39 is 9.84 Å². The Kier molecular flexibility index (Phi) is 5.24. The molecule has 8 heteroatoms. The highest BCUT2D eigenvalue weighted by Crippen LogP contribution is 2.25. The molecular weight excluding hydrogens is 372 g/mol. The van der Waals surface area contributed by atoms with Crippen molar-refractivity contribution < 1.29 is 17.6 Å². The molecule has 3 rings (SSSR count). The third kappa shape index (κ3) is 4.20. The number of thiazole rings is 1. The molecule has 0 radical (unpaired) electrons. The van der Waals surface area contributed by atoms with Crippen molar-refractivity contribution >= 4 is 32.8 Å². The molecule has 1 amide bonds. The molecule has 0 unspecified atom stereocenters. The predicted molar refractivity (Wildman–Crippen MR) is 101 cm³/mol. The summed E-state index contributed by atoms with van der Waals surface area (Å²) in [5, 5.41) is 5.30. The van der Waals surface area contributed by atoms with E-state index in [2.05, 4.69) is 10.3 Å². The first-order valence-corrected chi connectivity index (χ1v) is 10.5. The van der Waals surface area contributed by atoms with Crippen molar-refractivity contribution in [2.75, 3.05) is 11.1 Å². The normalized spacial score (nSPS) is 11.5. The van der Waals surface area contributed by atoms with E-state index >= 15 is 0 Å². The van der Waals surface area contributed by atoms with Gasteiger partial charge in [-0.25, -0.2) is 13.4 Å². The first-order chi connectivity index (χ1) is 12.4. The minimum atomic E-state index is -3.24. The second kappa shape index (κ2) is 7.43. The fourth-order valence-electron chi connectivity index (χ4n) is 2.33. The summed E-state index contributed by atoms with van der Waals surface area (Å²) in [5.74, 6) is 1.32. The molecule has 0 bridgehead atoms. The van der Waals surface area contributed by atoms with Crippen LogP contribution in [0.4, 0.5) is 5.69 Å². The number of anilines is 1. The lowest BCUT2D eigenvalue weighted by molar-refractivity contribution is -0.115. The maximum Gasteiger partial charge on any atom is 0.230 e. The zero-order chi connectivity index (χ0) is 18.7. The van der Waals surface area contributed by atoms with E-state index in [1.165, 1.54) is 23.5 Å². The third-order valence-corrected chi connectivity index (χ3v) is 6.38. The van der Waals surface area contributed by atoms with E-state index in [9.17, 15) is 13.2 Å². The van der Waals surface area contributed by atoms with Crippen LogP contribution in [0.2, 0.25) is 0 Å². The van der Waals surface area contributed by atoms with Crippen molar-refractivity contribution in [2.24, 2.45) is 0 Å². The molecule has 2 heterocycles. The van der Waals surface area contributed by atoms with Gasteiger partial charge in [0.2, 0.25) is 5.91 Å². The van der Waals surface area contributed by atoms with Crippen molar-refractivity contribution in [3.8, 4) is 10.8 Å². The second-order valence-electron chi connectivity index (χ2n) is 5.71. The second-order valence-corrected chi connectivity index (χ2v) is 8.84. The Labute approximate surface area is 155 Å². The molecule has 0 spiro atoms. The summed E-state index contributed by atoms with van der Waals surface area (Å²) in [7, 11) is -3.24. The van der Waals surface area contributed by atoms with Crippen LogP contribution in [0.1, 0.15) is 18.4 Å². The molecule has 2 aromatic heterocycles. The van der Waals surface area contributed by atoms with E-state index in [1.807, 2.05) is 24.4 Å². The number of aryl methyl sites for hydroxylation is 1. The maximum atomic E-state index is 12.2. The fourth-order valence-corrected chi connectivity index (χ4v) is 4.00. The van der Waals surface area contributed by atoms with Gasteiger partial charge in [0, 0.05) is 11.1 Å². The van der Waals surface area contributed by atoms with Gasteiger partial charge in [0.05, 0.1) is 22.8 Å². The number of benzene rings is 1. The summed E-state index contributed by atoms with van der Waals surface area (Å²) in [6.45, 7) is 3.46. The summed E-state index contributed by atoms with van der Waals surface area (Å²) in [4.78, 5) is 16.8. The molecule has 1 N–H and O–H groups in total. The monoisotopic (exact) mass is 390 g/mol. The highest BCUT2D eigenvalue weighted by Gasteiger charge is 2.13. The van der Waals surface area contributed by atoms with Gasteiger partial charge in [-0.05, 0) is 43.3 Å². The third-order valence-electron chi connectivity index (χ3n) is 3.72. The molecule has 3 aromatic rings. The molecule has 0 aliphatic carbocycles. The molecule has 0 aliphatic heterocycles. The first kappa shape index (κ1) is 18.3. The number of nitrogens with zero attached hydrogens (tertiary/aromatic N) is 1. The summed E-state index contributed by atoms with van der Waals surface area (Å²) in [6, 6.07) is 9.87. The van der Waals surface area contributed by atoms with Crippen LogP contribution in [-0.2, 0) is 21.1 Å². The van der Waals surface area contributed by atoms with E-state index in [0.29, 0.717) is 17.1 Å². The summed E-state index contributed by atoms with van der Waals surface area (Å²) in [6.07, 6.45) is 0.130.